The topological polar surface area (TPSA) is 69.0 Å². The first kappa shape index (κ1) is 15.9. The fourth-order valence-corrected chi connectivity index (χ4v) is 2.42. The zero-order chi connectivity index (χ0) is 17.1. The fraction of sp³-hybridized carbons (Fsp3) is 0.235. The van der Waals surface area contributed by atoms with Crippen LogP contribution >= 0.6 is 0 Å². The minimum Gasteiger partial charge on any atom is -0.492 e. The summed E-state index contributed by atoms with van der Waals surface area (Å²) in [6.45, 7) is 4.84. The van der Waals surface area contributed by atoms with Gasteiger partial charge in [-0.15, -0.1) is 5.10 Å². The van der Waals surface area contributed by atoms with Crippen molar-refractivity contribution in [1.29, 1.82) is 0 Å². The number of nitrogens with zero attached hydrogens (tertiary/aromatic N) is 3. The molecule has 0 radical (unpaired) electrons. The Labute approximate surface area is 138 Å². The molecule has 3 rings (SSSR count). The largest absolute Gasteiger partial charge is 0.492 e. The first-order chi connectivity index (χ1) is 11.6. The number of anilines is 1. The Morgan fingerprint density at radius 2 is 2.08 bits per heavy atom. The maximum Gasteiger partial charge on any atom is 0.255 e. The van der Waals surface area contributed by atoms with Gasteiger partial charge in [-0.25, -0.2) is 9.07 Å². The molecule has 1 heterocycles. The summed E-state index contributed by atoms with van der Waals surface area (Å²) < 4.78 is 20.4. The van der Waals surface area contributed by atoms with Crippen LogP contribution in [0.2, 0.25) is 0 Å². The monoisotopic (exact) mass is 328 g/mol. The van der Waals surface area contributed by atoms with Gasteiger partial charge < -0.3 is 10.1 Å². The Morgan fingerprint density at radius 3 is 2.83 bits per heavy atom. The predicted octanol–water partition coefficient (Wildman–Crippen LogP) is 3.24. The van der Waals surface area contributed by atoms with Crippen LogP contribution in [0.4, 0.5) is 10.1 Å². The van der Waals surface area contributed by atoms with Gasteiger partial charge in [-0.05, 0) is 44.2 Å². The fourth-order valence-electron chi connectivity index (χ4n) is 2.42. The standard InChI is InChI=1S/C17H17FN4O2/c1-3-22-15-8-5-11(9-14(15)20-21-22)17(23)19-13-7-6-12(18)10-16(13)24-4-2/h5-10H,3-4H2,1-2H3,(H,19,23). The van der Waals surface area contributed by atoms with Gasteiger partial charge in [-0.1, -0.05) is 5.21 Å². The van der Waals surface area contributed by atoms with Crippen LogP contribution in [0.1, 0.15) is 24.2 Å². The quantitative estimate of drug-likeness (QED) is 0.780. The minimum atomic E-state index is -0.422. The van der Waals surface area contributed by atoms with E-state index in [4.69, 9.17) is 4.74 Å². The molecule has 0 aliphatic rings. The molecule has 1 N–H and O–H groups in total. The van der Waals surface area contributed by atoms with Gasteiger partial charge in [0.25, 0.3) is 5.91 Å². The molecule has 6 nitrogen and oxygen atoms in total. The molecule has 0 atom stereocenters. The van der Waals surface area contributed by atoms with Crippen LogP contribution < -0.4 is 10.1 Å². The molecule has 24 heavy (non-hydrogen) atoms. The van der Waals surface area contributed by atoms with Gasteiger partial charge in [0.2, 0.25) is 0 Å². The molecular weight excluding hydrogens is 311 g/mol. The molecule has 7 heteroatoms. The van der Waals surface area contributed by atoms with E-state index < -0.39 is 5.82 Å². The third kappa shape index (κ3) is 3.05. The maximum atomic E-state index is 13.3. The van der Waals surface area contributed by atoms with Gasteiger partial charge in [0.15, 0.2) is 0 Å². The number of nitrogens with one attached hydrogen (secondary N) is 1. The summed E-state index contributed by atoms with van der Waals surface area (Å²) >= 11 is 0. The summed E-state index contributed by atoms with van der Waals surface area (Å²) in [6.07, 6.45) is 0. The smallest absolute Gasteiger partial charge is 0.255 e. The van der Waals surface area contributed by atoms with Crippen LogP contribution in [-0.2, 0) is 6.54 Å². The molecule has 0 aliphatic carbocycles. The lowest BCUT2D eigenvalue weighted by Gasteiger charge is -2.11. The van der Waals surface area contributed by atoms with Crippen molar-refractivity contribution in [1.82, 2.24) is 15.0 Å². The van der Waals surface area contributed by atoms with E-state index in [2.05, 4.69) is 15.6 Å². The lowest BCUT2D eigenvalue weighted by atomic mass is 10.1. The molecule has 3 aromatic rings. The zero-order valence-electron chi connectivity index (χ0n) is 13.4. The third-order valence-corrected chi connectivity index (χ3v) is 3.57. The number of carbonyl (C=O) groups excluding carboxylic acids is 1. The number of aryl methyl sites for hydroxylation is 1. The Bertz CT molecular complexity index is 891. The normalized spacial score (nSPS) is 10.8. The van der Waals surface area contributed by atoms with Gasteiger partial charge in [-0.3, -0.25) is 4.79 Å². The van der Waals surface area contributed by atoms with E-state index >= 15 is 0 Å². The number of aromatic nitrogens is 3. The molecule has 0 saturated heterocycles. The Balaban J connectivity index is 1.87. The highest BCUT2D eigenvalue weighted by Crippen LogP contribution is 2.26. The number of hydrogen-bond acceptors (Lipinski definition) is 4. The highest BCUT2D eigenvalue weighted by Gasteiger charge is 2.13. The molecule has 1 aromatic heterocycles. The van der Waals surface area contributed by atoms with Crippen LogP contribution in [0.5, 0.6) is 5.75 Å². The second-order valence-corrected chi connectivity index (χ2v) is 5.14. The van der Waals surface area contributed by atoms with Crippen molar-refractivity contribution in [3.8, 4) is 5.75 Å². The van der Waals surface area contributed by atoms with E-state index in [0.717, 1.165) is 5.52 Å². The Kier molecular flexibility index (Phi) is 4.41. The average molecular weight is 328 g/mol. The van der Waals surface area contributed by atoms with Crippen LogP contribution in [-0.4, -0.2) is 27.5 Å². The van der Waals surface area contributed by atoms with E-state index in [1.165, 1.54) is 18.2 Å². The van der Waals surface area contributed by atoms with E-state index in [0.29, 0.717) is 35.7 Å². The van der Waals surface area contributed by atoms with Crippen molar-refractivity contribution >= 4 is 22.6 Å². The molecule has 124 valence electrons. The average Bonchev–Trinajstić information content (AvgIpc) is 2.99. The second-order valence-electron chi connectivity index (χ2n) is 5.14. The molecule has 0 saturated carbocycles. The van der Waals surface area contributed by atoms with Gasteiger partial charge in [0.05, 0.1) is 17.8 Å². The molecule has 0 bridgehead atoms. The molecule has 2 aromatic carbocycles. The van der Waals surface area contributed by atoms with Crippen molar-refractivity contribution < 1.29 is 13.9 Å². The summed E-state index contributed by atoms with van der Waals surface area (Å²) in [5.74, 6) is -0.451. The van der Waals surface area contributed by atoms with Gasteiger partial charge in [0, 0.05) is 18.2 Å². The van der Waals surface area contributed by atoms with Crippen molar-refractivity contribution in [3.05, 3.63) is 47.8 Å². The third-order valence-electron chi connectivity index (χ3n) is 3.57. The Morgan fingerprint density at radius 1 is 1.25 bits per heavy atom. The zero-order valence-corrected chi connectivity index (χ0v) is 13.4. The van der Waals surface area contributed by atoms with E-state index in [1.54, 1.807) is 23.7 Å². The summed E-state index contributed by atoms with van der Waals surface area (Å²) in [6, 6.07) is 9.18. The summed E-state index contributed by atoms with van der Waals surface area (Å²) in [4.78, 5) is 12.5. The van der Waals surface area contributed by atoms with E-state index in [9.17, 15) is 9.18 Å². The number of amides is 1. The number of fused-ring (bicyclic) bond motifs is 1. The number of hydrogen-bond donors (Lipinski definition) is 1. The number of ether oxygens (including phenoxy) is 1. The van der Waals surface area contributed by atoms with Crippen molar-refractivity contribution in [2.45, 2.75) is 20.4 Å². The highest BCUT2D eigenvalue weighted by molar-refractivity contribution is 6.06. The lowest BCUT2D eigenvalue weighted by Crippen LogP contribution is -2.13. The molecule has 0 fully saturated rings. The summed E-state index contributed by atoms with van der Waals surface area (Å²) in [5.41, 5.74) is 2.37. The summed E-state index contributed by atoms with van der Waals surface area (Å²) in [5, 5.41) is 10.8. The van der Waals surface area contributed by atoms with E-state index in [-0.39, 0.29) is 5.91 Å². The number of benzene rings is 2. The minimum absolute atomic E-state index is 0.295. The van der Waals surface area contributed by atoms with Gasteiger partial charge in [0.1, 0.15) is 17.1 Å². The number of carbonyl (C=O) groups is 1. The number of halogens is 1. The highest BCUT2D eigenvalue weighted by atomic mass is 19.1. The first-order valence-electron chi connectivity index (χ1n) is 7.69. The lowest BCUT2D eigenvalue weighted by molar-refractivity contribution is 0.102. The van der Waals surface area contributed by atoms with Crippen molar-refractivity contribution in [2.24, 2.45) is 0 Å². The van der Waals surface area contributed by atoms with Crippen LogP contribution in [0.3, 0.4) is 0 Å². The SMILES string of the molecule is CCOc1cc(F)ccc1NC(=O)c1ccc2c(c1)nnn2CC. The molecule has 0 spiro atoms. The van der Waals surface area contributed by atoms with Crippen LogP contribution in [0, 0.1) is 5.82 Å². The van der Waals surface area contributed by atoms with E-state index in [1.807, 2.05) is 13.0 Å². The van der Waals surface area contributed by atoms with Crippen LogP contribution in [0.25, 0.3) is 11.0 Å². The van der Waals surface area contributed by atoms with Crippen molar-refractivity contribution in [3.63, 3.8) is 0 Å². The van der Waals surface area contributed by atoms with Crippen LogP contribution in [0.15, 0.2) is 36.4 Å². The van der Waals surface area contributed by atoms with Crippen molar-refractivity contribution in [2.75, 3.05) is 11.9 Å². The Hall–Kier alpha value is -2.96. The summed E-state index contributed by atoms with van der Waals surface area (Å²) in [7, 11) is 0. The van der Waals surface area contributed by atoms with Gasteiger partial charge >= 0.3 is 0 Å². The maximum absolute atomic E-state index is 13.3. The molecule has 0 unspecified atom stereocenters. The molecular formula is C17H17FN4O2. The number of rotatable bonds is 5. The molecule has 0 aliphatic heterocycles. The predicted molar refractivity (Wildman–Crippen MR) is 88.7 cm³/mol. The molecule has 1 amide bonds. The second kappa shape index (κ2) is 6.66. The first-order valence-corrected chi connectivity index (χ1v) is 7.69. The van der Waals surface area contributed by atoms with Gasteiger partial charge in [-0.2, -0.15) is 0 Å².